The Morgan fingerprint density at radius 1 is 0.957 bits per heavy atom. The number of nitrogens with zero attached hydrogens (tertiary/aromatic N) is 3. The molecule has 1 aromatic carbocycles. The molecule has 2 aromatic rings. The molecule has 0 spiro atoms. The average Bonchev–Trinajstić information content (AvgIpc) is 2.77. The van der Waals surface area contributed by atoms with Gasteiger partial charge in [-0.2, -0.15) is 4.98 Å². The number of benzene rings is 1. The van der Waals surface area contributed by atoms with Crippen LogP contribution in [0, 0.1) is 13.8 Å². The minimum absolute atomic E-state index is 0.434. The number of hydrogen-bond donors (Lipinski definition) is 1. The van der Waals surface area contributed by atoms with Crippen molar-refractivity contribution in [1.29, 1.82) is 0 Å². The zero-order chi connectivity index (χ0) is 16.2. The van der Waals surface area contributed by atoms with Crippen LogP contribution in [0.5, 0.6) is 11.6 Å². The molecule has 5 heteroatoms. The van der Waals surface area contributed by atoms with Crippen LogP contribution in [0.2, 0.25) is 0 Å². The largest absolute Gasteiger partial charge is 0.437 e. The second-order valence-corrected chi connectivity index (χ2v) is 6.24. The minimum atomic E-state index is 0.434. The third kappa shape index (κ3) is 3.73. The van der Waals surface area contributed by atoms with Gasteiger partial charge in [0, 0.05) is 13.1 Å². The van der Waals surface area contributed by atoms with E-state index < -0.39 is 0 Å². The second kappa shape index (κ2) is 6.86. The number of nitrogen functional groups attached to an aromatic ring is 1. The van der Waals surface area contributed by atoms with E-state index in [1.165, 1.54) is 32.0 Å². The maximum atomic E-state index is 6.30. The molecule has 0 bridgehead atoms. The molecule has 0 unspecified atom stereocenters. The van der Waals surface area contributed by atoms with Gasteiger partial charge < -0.3 is 15.4 Å². The molecule has 1 aliphatic rings. The van der Waals surface area contributed by atoms with Crippen LogP contribution >= 0.6 is 0 Å². The standard InChI is InChI=1S/C18H24N4O/c1-13-9-14(2)11-15(10-13)23-18-16(19)17(20-12-21-18)22-7-5-3-4-6-8-22/h9-12H,3-8,19H2,1-2H3. The van der Waals surface area contributed by atoms with Crippen molar-refractivity contribution in [3.05, 3.63) is 35.7 Å². The molecule has 23 heavy (non-hydrogen) atoms. The number of rotatable bonds is 3. The molecular formula is C18H24N4O. The molecule has 0 aliphatic carbocycles. The first kappa shape index (κ1) is 15.6. The quantitative estimate of drug-likeness (QED) is 0.932. The van der Waals surface area contributed by atoms with Gasteiger partial charge in [0.15, 0.2) is 5.82 Å². The predicted molar refractivity (Wildman–Crippen MR) is 93.1 cm³/mol. The van der Waals surface area contributed by atoms with Crippen LogP contribution in [-0.4, -0.2) is 23.1 Å². The van der Waals surface area contributed by atoms with Gasteiger partial charge >= 0.3 is 0 Å². The fourth-order valence-corrected chi connectivity index (χ4v) is 3.09. The summed E-state index contributed by atoms with van der Waals surface area (Å²) in [5.74, 6) is 1.99. The van der Waals surface area contributed by atoms with Gasteiger partial charge in [-0.15, -0.1) is 0 Å². The number of aryl methyl sites for hydroxylation is 2. The Balaban J connectivity index is 1.86. The topological polar surface area (TPSA) is 64.3 Å². The first-order valence-corrected chi connectivity index (χ1v) is 8.25. The molecule has 1 aromatic heterocycles. The molecule has 0 amide bonds. The van der Waals surface area contributed by atoms with E-state index in [2.05, 4.69) is 20.9 Å². The van der Waals surface area contributed by atoms with Crippen molar-refractivity contribution < 1.29 is 4.74 Å². The molecule has 2 N–H and O–H groups in total. The Labute approximate surface area is 137 Å². The Morgan fingerprint density at radius 3 is 2.26 bits per heavy atom. The smallest absolute Gasteiger partial charge is 0.248 e. The van der Waals surface area contributed by atoms with Crippen LogP contribution < -0.4 is 15.4 Å². The van der Waals surface area contributed by atoms with Crippen molar-refractivity contribution in [2.24, 2.45) is 0 Å². The fourth-order valence-electron chi connectivity index (χ4n) is 3.09. The van der Waals surface area contributed by atoms with Gasteiger partial charge in [0.25, 0.3) is 0 Å². The molecule has 0 saturated carbocycles. The third-order valence-electron chi connectivity index (χ3n) is 4.14. The van der Waals surface area contributed by atoms with E-state index in [0.29, 0.717) is 11.6 Å². The van der Waals surface area contributed by atoms with Gasteiger partial charge in [0.1, 0.15) is 17.8 Å². The normalized spacial score (nSPS) is 15.3. The van der Waals surface area contributed by atoms with Crippen LogP contribution in [-0.2, 0) is 0 Å². The summed E-state index contributed by atoms with van der Waals surface area (Å²) in [6, 6.07) is 6.08. The van der Waals surface area contributed by atoms with E-state index in [0.717, 1.165) is 35.8 Å². The number of aromatic nitrogens is 2. The summed E-state index contributed by atoms with van der Waals surface area (Å²) in [7, 11) is 0. The lowest BCUT2D eigenvalue weighted by Crippen LogP contribution is -2.26. The van der Waals surface area contributed by atoms with E-state index in [4.69, 9.17) is 10.5 Å². The van der Waals surface area contributed by atoms with Crippen LogP contribution in [0.25, 0.3) is 0 Å². The first-order chi connectivity index (χ1) is 11.1. The summed E-state index contributed by atoms with van der Waals surface area (Å²) < 4.78 is 5.93. The fraction of sp³-hybridized carbons (Fsp3) is 0.444. The van der Waals surface area contributed by atoms with Gasteiger partial charge in [-0.1, -0.05) is 18.9 Å². The molecule has 1 fully saturated rings. The van der Waals surface area contributed by atoms with E-state index in [9.17, 15) is 0 Å². The Kier molecular flexibility index (Phi) is 4.65. The lowest BCUT2D eigenvalue weighted by molar-refractivity contribution is 0.463. The maximum Gasteiger partial charge on any atom is 0.248 e. The molecule has 122 valence electrons. The monoisotopic (exact) mass is 312 g/mol. The van der Waals surface area contributed by atoms with E-state index in [-0.39, 0.29) is 0 Å². The van der Waals surface area contributed by atoms with Crippen LogP contribution in [0.4, 0.5) is 11.5 Å². The molecule has 5 nitrogen and oxygen atoms in total. The molecular weight excluding hydrogens is 288 g/mol. The van der Waals surface area contributed by atoms with Crippen molar-refractivity contribution in [2.45, 2.75) is 39.5 Å². The molecule has 0 atom stereocenters. The number of ether oxygens (including phenoxy) is 1. The molecule has 3 rings (SSSR count). The molecule has 0 radical (unpaired) electrons. The maximum absolute atomic E-state index is 6.30. The van der Waals surface area contributed by atoms with Gasteiger partial charge in [0.2, 0.25) is 5.88 Å². The van der Waals surface area contributed by atoms with E-state index in [1.807, 2.05) is 26.0 Å². The number of nitrogens with two attached hydrogens (primary N) is 1. The summed E-state index contributed by atoms with van der Waals surface area (Å²) in [6.07, 6.45) is 6.43. The highest BCUT2D eigenvalue weighted by Gasteiger charge is 2.18. The van der Waals surface area contributed by atoms with Crippen molar-refractivity contribution in [1.82, 2.24) is 9.97 Å². The summed E-state index contributed by atoms with van der Waals surface area (Å²) in [5.41, 5.74) is 9.13. The Bertz CT molecular complexity index is 658. The summed E-state index contributed by atoms with van der Waals surface area (Å²) in [6.45, 7) is 6.08. The zero-order valence-electron chi connectivity index (χ0n) is 13.9. The molecule has 1 aliphatic heterocycles. The first-order valence-electron chi connectivity index (χ1n) is 8.25. The average molecular weight is 312 g/mol. The summed E-state index contributed by atoms with van der Waals surface area (Å²) in [5, 5.41) is 0. The van der Waals surface area contributed by atoms with Crippen LogP contribution in [0.15, 0.2) is 24.5 Å². The van der Waals surface area contributed by atoms with Gasteiger partial charge in [-0.05, 0) is 49.9 Å². The predicted octanol–water partition coefficient (Wildman–Crippen LogP) is 3.85. The van der Waals surface area contributed by atoms with E-state index in [1.54, 1.807) is 0 Å². The van der Waals surface area contributed by atoms with Crippen LogP contribution in [0.1, 0.15) is 36.8 Å². The van der Waals surface area contributed by atoms with Crippen molar-refractivity contribution >= 4 is 11.5 Å². The Hall–Kier alpha value is -2.30. The van der Waals surface area contributed by atoms with Crippen LogP contribution in [0.3, 0.4) is 0 Å². The van der Waals surface area contributed by atoms with Gasteiger partial charge in [0.05, 0.1) is 0 Å². The second-order valence-electron chi connectivity index (χ2n) is 6.24. The van der Waals surface area contributed by atoms with Gasteiger partial charge in [-0.3, -0.25) is 0 Å². The number of hydrogen-bond acceptors (Lipinski definition) is 5. The Morgan fingerprint density at radius 2 is 1.61 bits per heavy atom. The lowest BCUT2D eigenvalue weighted by Gasteiger charge is -2.23. The summed E-state index contributed by atoms with van der Waals surface area (Å²) >= 11 is 0. The highest BCUT2D eigenvalue weighted by atomic mass is 16.5. The zero-order valence-corrected chi connectivity index (χ0v) is 13.9. The highest BCUT2D eigenvalue weighted by molar-refractivity contribution is 5.68. The van der Waals surface area contributed by atoms with E-state index >= 15 is 0 Å². The minimum Gasteiger partial charge on any atom is -0.437 e. The lowest BCUT2D eigenvalue weighted by atomic mass is 10.1. The highest BCUT2D eigenvalue weighted by Crippen LogP contribution is 2.32. The third-order valence-corrected chi connectivity index (χ3v) is 4.14. The van der Waals surface area contributed by atoms with Gasteiger partial charge in [-0.25, -0.2) is 4.98 Å². The van der Waals surface area contributed by atoms with Crippen molar-refractivity contribution in [3.8, 4) is 11.6 Å². The van der Waals surface area contributed by atoms with Crippen molar-refractivity contribution in [2.75, 3.05) is 23.7 Å². The number of anilines is 2. The molecule has 2 heterocycles. The van der Waals surface area contributed by atoms with Crippen molar-refractivity contribution in [3.63, 3.8) is 0 Å². The SMILES string of the molecule is Cc1cc(C)cc(Oc2ncnc(N3CCCCCC3)c2N)c1. The summed E-state index contributed by atoms with van der Waals surface area (Å²) in [4.78, 5) is 10.9. The molecule has 1 saturated heterocycles.